The highest BCUT2D eigenvalue weighted by molar-refractivity contribution is 5.79. The molecule has 2 heterocycles. The van der Waals surface area contributed by atoms with Gasteiger partial charge in [-0.25, -0.2) is 0 Å². The fourth-order valence-corrected chi connectivity index (χ4v) is 1.77. The number of hydrogen-bond acceptors (Lipinski definition) is 4. The molecule has 0 aromatic carbocycles. The van der Waals surface area contributed by atoms with Gasteiger partial charge in [-0.1, -0.05) is 0 Å². The van der Waals surface area contributed by atoms with E-state index in [1.165, 1.54) is 0 Å². The van der Waals surface area contributed by atoms with Gasteiger partial charge in [0.1, 0.15) is 5.78 Å². The summed E-state index contributed by atoms with van der Waals surface area (Å²) in [7, 11) is 0. The van der Waals surface area contributed by atoms with Crippen LogP contribution >= 0.6 is 0 Å². The smallest absolute Gasteiger partial charge is 0.135 e. The van der Waals surface area contributed by atoms with Gasteiger partial charge in [-0.3, -0.25) is 9.48 Å². The molecule has 82 valence electrons. The molecule has 0 atom stereocenters. The van der Waals surface area contributed by atoms with Crippen LogP contribution in [-0.2, 0) is 11.3 Å². The van der Waals surface area contributed by atoms with Crippen LogP contribution in [0.1, 0.15) is 12.8 Å². The number of Topliss-reactive ketones (excluding diaryl/α,β-unsaturated/α-hetero) is 1. The van der Waals surface area contributed by atoms with Crippen molar-refractivity contribution in [2.75, 3.05) is 25.4 Å². The molecule has 0 radical (unpaired) electrons. The molecule has 1 fully saturated rings. The van der Waals surface area contributed by atoms with E-state index >= 15 is 0 Å². The molecule has 2 N–H and O–H groups in total. The summed E-state index contributed by atoms with van der Waals surface area (Å²) in [5.41, 5.74) is 6.26. The van der Waals surface area contributed by atoms with E-state index in [9.17, 15) is 4.79 Å². The van der Waals surface area contributed by atoms with Gasteiger partial charge in [-0.05, 0) is 0 Å². The number of piperidine rings is 1. The largest absolute Gasteiger partial charge is 0.396 e. The number of nitrogen functional groups attached to an aromatic ring is 1. The SMILES string of the molecule is Nc1cnn(CCN2CCC(=O)CC2)c1. The fraction of sp³-hybridized carbons (Fsp3) is 0.600. The lowest BCUT2D eigenvalue weighted by molar-refractivity contribution is -0.121. The van der Waals surface area contributed by atoms with Crippen molar-refractivity contribution in [3.8, 4) is 0 Å². The molecule has 0 aliphatic carbocycles. The van der Waals surface area contributed by atoms with Crippen molar-refractivity contribution in [2.45, 2.75) is 19.4 Å². The molecular weight excluding hydrogens is 192 g/mol. The van der Waals surface area contributed by atoms with Crippen LogP contribution in [0.5, 0.6) is 0 Å². The predicted molar refractivity (Wildman–Crippen MR) is 57.3 cm³/mol. The van der Waals surface area contributed by atoms with Crippen molar-refractivity contribution in [3.05, 3.63) is 12.4 Å². The van der Waals surface area contributed by atoms with Gasteiger partial charge in [0, 0.05) is 38.7 Å². The van der Waals surface area contributed by atoms with Crippen LogP contribution in [0.15, 0.2) is 12.4 Å². The first kappa shape index (κ1) is 10.2. The summed E-state index contributed by atoms with van der Waals surface area (Å²) in [6.07, 6.45) is 4.87. The van der Waals surface area contributed by atoms with Crippen LogP contribution in [0.25, 0.3) is 0 Å². The van der Waals surface area contributed by atoms with Crippen LogP contribution in [0, 0.1) is 0 Å². The molecule has 5 nitrogen and oxygen atoms in total. The van der Waals surface area contributed by atoms with Crippen molar-refractivity contribution in [1.29, 1.82) is 0 Å². The lowest BCUT2D eigenvalue weighted by Gasteiger charge is -2.25. The van der Waals surface area contributed by atoms with Crippen molar-refractivity contribution in [2.24, 2.45) is 0 Å². The second-order valence-electron chi connectivity index (χ2n) is 3.92. The Hall–Kier alpha value is -1.36. The first-order valence-electron chi connectivity index (χ1n) is 5.26. The topological polar surface area (TPSA) is 64.2 Å². The maximum Gasteiger partial charge on any atom is 0.135 e. The molecule has 0 unspecified atom stereocenters. The van der Waals surface area contributed by atoms with Crippen LogP contribution in [0.4, 0.5) is 5.69 Å². The van der Waals surface area contributed by atoms with Gasteiger partial charge in [-0.15, -0.1) is 0 Å². The summed E-state index contributed by atoms with van der Waals surface area (Å²) in [5.74, 6) is 0.384. The van der Waals surface area contributed by atoms with E-state index in [1.807, 2.05) is 10.9 Å². The lowest BCUT2D eigenvalue weighted by Crippen LogP contribution is -2.36. The first-order chi connectivity index (χ1) is 7.24. The Bertz CT molecular complexity index is 337. The number of carbonyl (C=O) groups is 1. The summed E-state index contributed by atoms with van der Waals surface area (Å²) >= 11 is 0. The van der Waals surface area contributed by atoms with Crippen LogP contribution in [0.2, 0.25) is 0 Å². The summed E-state index contributed by atoms with van der Waals surface area (Å²) < 4.78 is 1.84. The Balaban J connectivity index is 1.76. The van der Waals surface area contributed by atoms with E-state index in [-0.39, 0.29) is 0 Å². The average molecular weight is 208 g/mol. The van der Waals surface area contributed by atoms with E-state index in [4.69, 9.17) is 5.73 Å². The molecule has 1 saturated heterocycles. The molecular formula is C10H16N4O. The number of ketones is 1. The second-order valence-corrected chi connectivity index (χ2v) is 3.92. The summed E-state index contributed by atoms with van der Waals surface area (Å²) in [4.78, 5) is 13.3. The van der Waals surface area contributed by atoms with Crippen molar-refractivity contribution in [3.63, 3.8) is 0 Å². The second kappa shape index (κ2) is 4.44. The van der Waals surface area contributed by atoms with Gasteiger partial charge in [-0.2, -0.15) is 5.10 Å². The number of likely N-dealkylation sites (tertiary alicyclic amines) is 1. The minimum atomic E-state index is 0.384. The zero-order valence-corrected chi connectivity index (χ0v) is 8.72. The number of hydrogen-bond donors (Lipinski definition) is 1. The molecule has 0 amide bonds. The Morgan fingerprint density at radius 1 is 1.33 bits per heavy atom. The molecule has 1 aliphatic heterocycles. The van der Waals surface area contributed by atoms with Crippen molar-refractivity contribution < 1.29 is 4.79 Å². The van der Waals surface area contributed by atoms with E-state index < -0.39 is 0 Å². The molecule has 1 aromatic rings. The van der Waals surface area contributed by atoms with Crippen molar-refractivity contribution >= 4 is 11.5 Å². The number of anilines is 1. The van der Waals surface area contributed by atoms with Gasteiger partial charge in [0.15, 0.2) is 0 Å². The van der Waals surface area contributed by atoms with E-state index in [0.29, 0.717) is 24.3 Å². The van der Waals surface area contributed by atoms with Gasteiger partial charge >= 0.3 is 0 Å². The van der Waals surface area contributed by atoms with Crippen LogP contribution in [-0.4, -0.2) is 40.1 Å². The molecule has 1 aliphatic rings. The Morgan fingerprint density at radius 2 is 2.07 bits per heavy atom. The molecule has 0 bridgehead atoms. The number of rotatable bonds is 3. The maximum absolute atomic E-state index is 11.0. The number of nitrogens with two attached hydrogens (primary N) is 1. The Morgan fingerprint density at radius 3 is 2.67 bits per heavy atom. The molecule has 5 heteroatoms. The van der Waals surface area contributed by atoms with Gasteiger partial charge in [0.2, 0.25) is 0 Å². The van der Waals surface area contributed by atoms with Crippen LogP contribution < -0.4 is 5.73 Å². The lowest BCUT2D eigenvalue weighted by atomic mass is 10.1. The minimum Gasteiger partial charge on any atom is -0.396 e. The third-order valence-electron chi connectivity index (χ3n) is 2.71. The molecule has 2 rings (SSSR count). The van der Waals surface area contributed by atoms with Crippen LogP contribution in [0.3, 0.4) is 0 Å². The van der Waals surface area contributed by atoms with E-state index in [2.05, 4.69) is 10.00 Å². The summed E-state index contributed by atoms with van der Waals surface area (Å²) in [6, 6.07) is 0. The fourth-order valence-electron chi connectivity index (χ4n) is 1.77. The molecule has 15 heavy (non-hydrogen) atoms. The third kappa shape index (κ3) is 2.79. The molecule has 0 saturated carbocycles. The quantitative estimate of drug-likeness (QED) is 0.767. The van der Waals surface area contributed by atoms with Gasteiger partial charge in [0.25, 0.3) is 0 Å². The Labute approximate surface area is 88.8 Å². The van der Waals surface area contributed by atoms with E-state index in [1.54, 1.807) is 6.20 Å². The highest BCUT2D eigenvalue weighted by atomic mass is 16.1. The monoisotopic (exact) mass is 208 g/mol. The molecule has 1 aromatic heterocycles. The normalized spacial score (nSPS) is 18.3. The maximum atomic E-state index is 11.0. The third-order valence-corrected chi connectivity index (χ3v) is 2.71. The predicted octanol–water partition coefficient (Wildman–Crippen LogP) is 0.130. The number of nitrogens with zero attached hydrogens (tertiary/aromatic N) is 3. The minimum absolute atomic E-state index is 0.384. The molecule has 0 spiro atoms. The number of aromatic nitrogens is 2. The highest BCUT2D eigenvalue weighted by Crippen LogP contribution is 2.06. The highest BCUT2D eigenvalue weighted by Gasteiger charge is 2.15. The van der Waals surface area contributed by atoms with E-state index in [0.717, 1.165) is 26.2 Å². The van der Waals surface area contributed by atoms with Gasteiger partial charge in [0.05, 0.1) is 18.4 Å². The first-order valence-corrected chi connectivity index (χ1v) is 5.26. The summed E-state index contributed by atoms with van der Waals surface area (Å²) in [6.45, 7) is 3.55. The summed E-state index contributed by atoms with van der Waals surface area (Å²) in [5, 5.41) is 4.11. The zero-order chi connectivity index (χ0) is 10.7. The number of carbonyl (C=O) groups excluding carboxylic acids is 1. The Kier molecular flexibility index (Phi) is 3.01. The van der Waals surface area contributed by atoms with Crippen molar-refractivity contribution in [1.82, 2.24) is 14.7 Å². The van der Waals surface area contributed by atoms with Gasteiger partial charge < -0.3 is 10.6 Å². The zero-order valence-electron chi connectivity index (χ0n) is 8.72. The average Bonchev–Trinajstić information content (AvgIpc) is 2.64. The standard InChI is InChI=1S/C10H16N4O/c11-9-7-12-14(8-9)6-5-13-3-1-10(15)2-4-13/h7-8H,1-6,11H2.